The molecule has 2 atom stereocenters. The molecular formula is C23H30N2O5. The van der Waals surface area contributed by atoms with Gasteiger partial charge in [0.2, 0.25) is 0 Å². The van der Waals surface area contributed by atoms with Crippen LogP contribution in [0.25, 0.3) is 0 Å². The molecule has 2 aromatic rings. The number of nitrogens with two attached hydrogens (primary N) is 1. The van der Waals surface area contributed by atoms with Crippen LogP contribution in [-0.2, 0) is 10.2 Å². The summed E-state index contributed by atoms with van der Waals surface area (Å²) >= 11 is 0. The molecule has 0 aromatic heterocycles. The molecule has 162 valence electrons. The van der Waals surface area contributed by atoms with E-state index in [1.165, 1.54) is 7.11 Å². The molecule has 2 unspecified atom stereocenters. The molecule has 30 heavy (non-hydrogen) atoms. The second kappa shape index (κ2) is 10.1. The van der Waals surface area contributed by atoms with Crippen molar-refractivity contribution in [3.8, 4) is 11.5 Å². The fourth-order valence-corrected chi connectivity index (χ4v) is 3.14. The van der Waals surface area contributed by atoms with Gasteiger partial charge in [-0.15, -0.1) is 0 Å². The van der Waals surface area contributed by atoms with Crippen LogP contribution in [0.2, 0.25) is 0 Å². The van der Waals surface area contributed by atoms with E-state index in [2.05, 4.69) is 23.9 Å². The van der Waals surface area contributed by atoms with E-state index >= 15 is 0 Å². The normalized spacial score (nSPS) is 13.1. The molecule has 2 aromatic carbocycles. The molecule has 7 nitrogen and oxygen atoms in total. The van der Waals surface area contributed by atoms with Crippen LogP contribution in [0.3, 0.4) is 0 Å². The summed E-state index contributed by atoms with van der Waals surface area (Å²) in [4.78, 5) is 23.2. The lowest BCUT2D eigenvalue weighted by molar-refractivity contribution is 0.121. The van der Waals surface area contributed by atoms with Gasteiger partial charge in [-0.2, -0.15) is 0 Å². The van der Waals surface area contributed by atoms with Crippen LogP contribution in [-0.4, -0.2) is 31.4 Å². The van der Waals surface area contributed by atoms with Gasteiger partial charge < -0.3 is 25.3 Å². The molecule has 0 radical (unpaired) electrons. The van der Waals surface area contributed by atoms with Gasteiger partial charge in [-0.05, 0) is 55.7 Å². The summed E-state index contributed by atoms with van der Waals surface area (Å²) in [6.07, 6.45) is -0.587. The van der Waals surface area contributed by atoms with E-state index in [4.69, 9.17) is 15.2 Å². The zero-order chi connectivity index (χ0) is 22.3. The van der Waals surface area contributed by atoms with Gasteiger partial charge >= 0.3 is 12.2 Å². The zero-order valence-electron chi connectivity index (χ0n) is 18.1. The Morgan fingerprint density at radius 2 is 1.40 bits per heavy atom. The van der Waals surface area contributed by atoms with E-state index in [0.29, 0.717) is 17.9 Å². The van der Waals surface area contributed by atoms with Crippen molar-refractivity contribution in [1.82, 2.24) is 5.32 Å². The van der Waals surface area contributed by atoms with Crippen LogP contribution >= 0.6 is 0 Å². The van der Waals surface area contributed by atoms with Crippen molar-refractivity contribution in [2.24, 2.45) is 5.73 Å². The lowest BCUT2D eigenvalue weighted by Crippen LogP contribution is -2.38. The fraction of sp³-hybridized carbons (Fsp3) is 0.391. The minimum absolute atomic E-state index is 0.00269. The monoisotopic (exact) mass is 414 g/mol. The number of benzene rings is 2. The van der Waals surface area contributed by atoms with Gasteiger partial charge in [0.1, 0.15) is 11.5 Å². The van der Waals surface area contributed by atoms with Gasteiger partial charge in [-0.3, -0.25) is 0 Å². The third-order valence-electron chi connectivity index (χ3n) is 4.82. The second-order valence-corrected chi connectivity index (χ2v) is 7.88. The Labute approximate surface area is 177 Å². The van der Waals surface area contributed by atoms with Crippen molar-refractivity contribution in [3.63, 3.8) is 0 Å². The lowest BCUT2D eigenvalue weighted by atomic mass is 9.78. The van der Waals surface area contributed by atoms with E-state index < -0.39 is 12.2 Å². The van der Waals surface area contributed by atoms with E-state index in [9.17, 15) is 9.59 Å². The Balaban J connectivity index is 2.03. The minimum Gasteiger partial charge on any atom is -0.437 e. The van der Waals surface area contributed by atoms with Crippen molar-refractivity contribution < 1.29 is 23.8 Å². The summed E-state index contributed by atoms with van der Waals surface area (Å²) in [5, 5.41) is 2.77. The highest BCUT2D eigenvalue weighted by Crippen LogP contribution is 2.33. The molecule has 7 heteroatoms. The molecule has 0 saturated carbocycles. The minimum atomic E-state index is -0.756. The number of rotatable bonds is 7. The summed E-state index contributed by atoms with van der Waals surface area (Å²) in [6.45, 7) is 7.95. The Bertz CT molecular complexity index is 845. The van der Waals surface area contributed by atoms with Crippen molar-refractivity contribution in [2.75, 3.05) is 7.11 Å². The highest BCUT2D eigenvalue weighted by atomic mass is 16.7. The Kier molecular flexibility index (Phi) is 7.83. The van der Waals surface area contributed by atoms with E-state index in [1.54, 1.807) is 24.3 Å². The van der Waals surface area contributed by atoms with E-state index in [0.717, 1.165) is 11.1 Å². The number of hydrogen-bond donors (Lipinski definition) is 2. The summed E-state index contributed by atoms with van der Waals surface area (Å²) in [7, 11) is 1.26. The maximum Gasteiger partial charge on any atom is 0.513 e. The highest BCUT2D eigenvalue weighted by Gasteiger charge is 2.23. The lowest BCUT2D eigenvalue weighted by Gasteiger charge is -2.26. The van der Waals surface area contributed by atoms with Crippen molar-refractivity contribution in [3.05, 3.63) is 59.7 Å². The quantitative estimate of drug-likeness (QED) is 0.515. The van der Waals surface area contributed by atoms with Crippen molar-refractivity contribution >= 4 is 12.2 Å². The molecule has 0 aliphatic carbocycles. The Morgan fingerprint density at radius 3 is 1.83 bits per heavy atom. The van der Waals surface area contributed by atoms with Crippen LogP contribution in [0.5, 0.6) is 11.5 Å². The van der Waals surface area contributed by atoms with E-state index in [-0.39, 0.29) is 17.5 Å². The molecule has 0 spiro atoms. The van der Waals surface area contributed by atoms with Crippen LogP contribution < -0.4 is 20.5 Å². The molecule has 0 aliphatic rings. The van der Waals surface area contributed by atoms with Gasteiger partial charge in [0, 0.05) is 17.5 Å². The first kappa shape index (κ1) is 23.2. The number of carbonyl (C=O) groups is 2. The number of hydrogen-bond acceptors (Lipinski definition) is 6. The van der Waals surface area contributed by atoms with Crippen molar-refractivity contribution in [1.29, 1.82) is 0 Å². The van der Waals surface area contributed by atoms with Crippen LogP contribution in [0.1, 0.15) is 45.2 Å². The van der Waals surface area contributed by atoms with E-state index in [1.807, 2.05) is 38.1 Å². The van der Waals surface area contributed by atoms with Gasteiger partial charge in [0.15, 0.2) is 0 Å². The summed E-state index contributed by atoms with van der Waals surface area (Å²) in [6, 6.07) is 14.6. The highest BCUT2D eigenvalue weighted by molar-refractivity contribution is 5.70. The third-order valence-corrected chi connectivity index (χ3v) is 4.82. The summed E-state index contributed by atoms with van der Waals surface area (Å²) in [5.74, 6) is 0.872. The summed E-state index contributed by atoms with van der Waals surface area (Å²) in [5.41, 5.74) is 7.52. The Morgan fingerprint density at radius 1 is 0.933 bits per heavy atom. The third kappa shape index (κ3) is 6.49. The predicted molar refractivity (Wildman–Crippen MR) is 115 cm³/mol. The fourth-order valence-electron chi connectivity index (χ4n) is 3.14. The number of carbonyl (C=O) groups excluding carboxylic acids is 2. The first-order chi connectivity index (χ1) is 14.1. The molecule has 3 N–H and O–H groups in total. The largest absolute Gasteiger partial charge is 0.513 e. The Hall–Kier alpha value is -3.06. The average Bonchev–Trinajstić information content (AvgIpc) is 2.67. The van der Waals surface area contributed by atoms with Crippen LogP contribution in [0.15, 0.2) is 48.5 Å². The van der Waals surface area contributed by atoms with Gasteiger partial charge in [0.25, 0.3) is 0 Å². The number of ether oxygens (including phenoxy) is 3. The first-order valence-corrected chi connectivity index (χ1v) is 9.82. The number of amides is 1. The van der Waals surface area contributed by atoms with Crippen molar-refractivity contribution in [2.45, 2.75) is 51.6 Å². The van der Waals surface area contributed by atoms with Gasteiger partial charge in [-0.25, -0.2) is 9.59 Å². The van der Waals surface area contributed by atoms with Gasteiger partial charge in [-0.1, -0.05) is 38.1 Å². The molecule has 0 bridgehead atoms. The molecule has 0 heterocycles. The average molecular weight is 415 g/mol. The summed E-state index contributed by atoms with van der Waals surface area (Å²) < 4.78 is 14.9. The first-order valence-electron chi connectivity index (χ1n) is 9.82. The predicted octanol–water partition coefficient (Wildman–Crippen LogP) is 4.37. The molecular weight excluding hydrogens is 384 g/mol. The second-order valence-electron chi connectivity index (χ2n) is 7.88. The van der Waals surface area contributed by atoms with Crippen LogP contribution in [0.4, 0.5) is 9.59 Å². The zero-order valence-corrected chi connectivity index (χ0v) is 18.1. The number of methoxy groups -OCH3 is 1. The molecule has 0 fully saturated rings. The van der Waals surface area contributed by atoms with Crippen LogP contribution in [0, 0.1) is 0 Å². The number of nitrogens with one attached hydrogen (secondary N) is 1. The molecule has 1 amide bonds. The SMILES string of the molecule is COC(=O)Oc1ccc(C(C)(C)c2ccc(OC(=O)NC(C)CC(C)N)cc2)cc1. The molecule has 0 saturated heterocycles. The van der Waals surface area contributed by atoms with Gasteiger partial charge in [0.05, 0.1) is 7.11 Å². The maximum atomic E-state index is 12.0. The topological polar surface area (TPSA) is 99.9 Å². The molecule has 2 rings (SSSR count). The smallest absolute Gasteiger partial charge is 0.437 e. The standard InChI is InChI=1S/C23H30N2O5/c1-15(24)14-16(2)25-21(26)29-19-10-6-17(7-11-19)23(3,4)18-8-12-20(13-9-18)30-22(27)28-5/h6-13,15-16H,14,24H2,1-5H3,(H,25,26). The molecule has 0 aliphatic heterocycles. The maximum absolute atomic E-state index is 12.0.